The molecule has 0 radical (unpaired) electrons. The Labute approximate surface area is 362 Å². The van der Waals surface area contributed by atoms with Crippen LogP contribution in [0, 0.1) is 0 Å². The van der Waals surface area contributed by atoms with Crippen LogP contribution in [0.4, 0.5) is 0 Å². The van der Waals surface area contributed by atoms with Crippen LogP contribution in [0.5, 0.6) is 0 Å². The minimum atomic E-state index is 0.741. The molecule has 11 rings (SSSR count). The first-order valence-corrected chi connectivity index (χ1v) is 21.5. The third kappa shape index (κ3) is 6.73. The van der Waals surface area contributed by atoms with Crippen molar-refractivity contribution in [1.29, 1.82) is 0 Å². The van der Waals surface area contributed by atoms with Gasteiger partial charge in [0.2, 0.25) is 0 Å². The van der Waals surface area contributed by atoms with E-state index in [1.165, 1.54) is 87.5 Å². The Morgan fingerprint density at radius 1 is 0.516 bits per heavy atom. The molecular weight excluding hydrogens is 749 g/mol. The van der Waals surface area contributed by atoms with Crippen LogP contribution in [-0.2, 0) is 6.42 Å². The average molecular weight is 793 g/mol. The number of rotatable bonds is 8. The molecule has 0 aliphatic heterocycles. The molecule has 0 amide bonds. The van der Waals surface area contributed by atoms with Crippen LogP contribution in [-0.4, -0.2) is 4.57 Å². The second kappa shape index (κ2) is 15.9. The summed E-state index contributed by atoms with van der Waals surface area (Å²) in [6.45, 7) is 0. The van der Waals surface area contributed by atoms with Gasteiger partial charge >= 0.3 is 0 Å². The number of hydrogen-bond acceptors (Lipinski definition) is 1. The van der Waals surface area contributed by atoms with E-state index in [0.717, 1.165) is 35.4 Å². The fraction of sp³-hybridized carbons (Fsp3) is 0.0333. The number of allylic oxidation sites excluding steroid dienone is 9. The van der Waals surface area contributed by atoms with Gasteiger partial charge in [-0.3, -0.25) is 0 Å². The Hall–Kier alpha value is -7.94. The number of aromatic nitrogens is 1. The summed E-state index contributed by atoms with van der Waals surface area (Å²) in [4.78, 5) is 0. The second-order valence-corrected chi connectivity index (χ2v) is 16.2. The predicted octanol–water partition coefficient (Wildman–Crippen LogP) is 15.4. The Bertz CT molecular complexity index is 3490. The molecule has 9 aromatic carbocycles. The monoisotopic (exact) mass is 792 g/mol. The van der Waals surface area contributed by atoms with Crippen LogP contribution in [0.1, 0.15) is 28.7 Å². The summed E-state index contributed by atoms with van der Waals surface area (Å²) in [5.41, 5.74) is 20.6. The van der Waals surface area contributed by atoms with Gasteiger partial charge in [-0.1, -0.05) is 188 Å². The molecule has 62 heavy (non-hydrogen) atoms. The maximum absolute atomic E-state index is 6.89. The van der Waals surface area contributed by atoms with Crippen molar-refractivity contribution in [1.82, 2.24) is 4.57 Å². The summed E-state index contributed by atoms with van der Waals surface area (Å²) >= 11 is 0. The predicted molar refractivity (Wildman–Crippen MR) is 266 cm³/mol. The van der Waals surface area contributed by atoms with E-state index < -0.39 is 0 Å². The largest absolute Gasteiger partial charge is 0.398 e. The zero-order valence-corrected chi connectivity index (χ0v) is 34.4. The summed E-state index contributed by atoms with van der Waals surface area (Å²) in [6, 6.07) is 68.3. The summed E-state index contributed by atoms with van der Waals surface area (Å²) in [5, 5.41) is 9.90. The number of para-hydroxylation sites is 1. The summed E-state index contributed by atoms with van der Waals surface area (Å²) in [5.74, 6) is 0. The van der Waals surface area contributed by atoms with Gasteiger partial charge in [-0.05, 0) is 132 Å². The van der Waals surface area contributed by atoms with Crippen LogP contribution in [0.15, 0.2) is 231 Å². The molecule has 2 nitrogen and oxygen atoms in total. The van der Waals surface area contributed by atoms with Gasteiger partial charge in [-0.25, -0.2) is 0 Å². The van der Waals surface area contributed by atoms with Crippen LogP contribution < -0.4 is 5.73 Å². The van der Waals surface area contributed by atoms with Crippen LogP contribution in [0.2, 0.25) is 0 Å². The van der Waals surface area contributed by atoms with E-state index in [4.69, 9.17) is 5.73 Å². The molecular formula is C60H44N2. The molecule has 0 spiro atoms. The zero-order chi connectivity index (χ0) is 41.4. The number of hydrogen-bond donors (Lipinski definition) is 1. The maximum Gasteiger partial charge on any atom is 0.0541 e. The maximum atomic E-state index is 6.89. The van der Waals surface area contributed by atoms with Gasteiger partial charge in [0.25, 0.3) is 0 Å². The van der Waals surface area contributed by atoms with Gasteiger partial charge in [0, 0.05) is 22.2 Å². The minimum Gasteiger partial charge on any atom is -0.398 e. The van der Waals surface area contributed by atoms with Gasteiger partial charge in [0.05, 0.1) is 11.0 Å². The van der Waals surface area contributed by atoms with Crippen LogP contribution in [0.25, 0.3) is 87.8 Å². The van der Waals surface area contributed by atoms with Crippen molar-refractivity contribution in [3.05, 3.63) is 253 Å². The van der Waals surface area contributed by atoms with Crippen molar-refractivity contribution in [2.75, 3.05) is 0 Å². The Morgan fingerprint density at radius 3 is 1.95 bits per heavy atom. The molecule has 0 unspecified atom stereocenters. The fourth-order valence-electron chi connectivity index (χ4n) is 9.42. The van der Waals surface area contributed by atoms with Crippen molar-refractivity contribution in [3.8, 4) is 16.8 Å². The molecule has 0 bridgehead atoms. The molecule has 0 fully saturated rings. The van der Waals surface area contributed by atoms with E-state index in [-0.39, 0.29) is 0 Å². The lowest BCUT2D eigenvalue weighted by molar-refractivity contribution is 1.18. The van der Waals surface area contributed by atoms with E-state index >= 15 is 0 Å². The lowest BCUT2D eigenvalue weighted by Crippen LogP contribution is -1.98. The highest BCUT2D eigenvalue weighted by atomic mass is 15.0. The average Bonchev–Trinajstić information content (AvgIpc) is 3.44. The molecule has 2 N–H and O–H groups in total. The SMILES string of the molecule is N/C(=C\C(=C/Cc1ccccc1)c1cccc2c3ccccc3c3cc(-c4ccc5c(c4)c4ccccc4n5-c4ccc(C5=CCC=CC=C5)cc4)ccc3c12)c1ccccc1. The van der Waals surface area contributed by atoms with E-state index in [0.29, 0.717) is 0 Å². The molecule has 1 aromatic heterocycles. The first-order valence-electron chi connectivity index (χ1n) is 21.5. The number of fused-ring (bicyclic) bond motifs is 9. The molecule has 2 heteroatoms. The summed E-state index contributed by atoms with van der Waals surface area (Å²) < 4.78 is 2.40. The number of nitrogens with two attached hydrogens (primary N) is 1. The van der Waals surface area contributed by atoms with E-state index in [2.05, 4.69) is 217 Å². The summed E-state index contributed by atoms with van der Waals surface area (Å²) in [7, 11) is 0. The smallest absolute Gasteiger partial charge is 0.0541 e. The van der Waals surface area contributed by atoms with Crippen LogP contribution in [0.3, 0.4) is 0 Å². The first-order chi connectivity index (χ1) is 30.7. The Kier molecular flexibility index (Phi) is 9.52. The lowest BCUT2D eigenvalue weighted by Gasteiger charge is -2.17. The van der Waals surface area contributed by atoms with E-state index in [1.54, 1.807) is 0 Å². The standard InChI is InChI=1S/C60H44N2/c61-57(44-20-9-4-10-21-44)40-47(29-28-41-16-5-3-6-17-41)49-25-15-26-53-50-22-11-12-23-51(50)55-38-45(32-36-54(55)60(49)53)46-33-37-59-56(39-46)52-24-13-14-27-58(52)62(59)48-34-30-43(31-35-48)42-18-7-1-2-8-19-42/h1-7,9-27,29-40H,8,28,61H2/b47-29+,57-40-. The van der Waals surface area contributed by atoms with Crippen molar-refractivity contribution in [2.45, 2.75) is 12.8 Å². The van der Waals surface area contributed by atoms with Gasteiger partial charge < -0.3 is 10.3 Å². The van der Waals surface area contributed by atoms with Gasteiger partial charge in [-0.2, -0.15) is 0 Å². The van der Waals surface area contributed by atoms with Gasteiger partial charge in [0.15, 0.2) is 0 Å². The van der Waals surface area contributed by atoms with E-state index in [1.807, 2.05) is 18.2 Å². The molecule has 10 aromatic rings. The topological polar surface area (TPSA) is 30.9 Å². The van der Waals surface area contributed by atoms with Gasteiger partial charge in [-0.15, -0.1) is 0 Å². The molecule has 294 valence electrons. The van der Waals surface area contributed by atoms with Crippen molar-refractivity contribution >= 4 is 71.0 Å². The fourth-order valence-corrected chi connectivity index (χ4v) is 9.42. The quantitative estimate of drug-likeness (QED) is 0.121. The minimum absolute atomic E-state index is 0.741. The molecule has 1 heterocycles. The third-order valence-corrected chi connectivity index (χ3v) is 12.5. The Balaban J connectivity index is 1.06. The van der Waals surface area contributed by atoms with Crippen LogP contribution >= 0.6 is 0 Å². The molecule has 1 aliphatic carbocycles. The number of benzene rings is 9. The number of nitrogens with zero attached hydrogens (tertiary/aromatic N) is 1. The zero-order valence-electron chi connectivity index (χ0n) is 34.4. The highest BCUT2D eigenvalue weighted by Crippen LogP contribution is 2.42. The first kappa shape index (κ1) is 37.1. The molecule has 1 aliphatic rings. The van der Waals surface area contributed by atoms with Crippen molar-refractivity contribution in [2.24, 2.45) is 5.73 Å². The highest BCUT2D eigenvalue weighted by Gasteiger charge is 2.17. The molecule has 0 saturated heterocycles. The second-order valence-electron chi connectivity index (χ2n) is 16.2. The normalized spacial score (nSPS) is 13.4. The lowest BCUT2D eigenvalue weighted by atomic mass is 9.87. The highest BCUT2D eigenvalue weighted by molar-refractivity contribution is 6.28. The van der Waals surface area contributed by atoms with Crippen molar-refractivity contribution < 1.29 is 0 Å². The third-order valence-electron chi connectivity index (χ3n) is 12.5. The molecule has 0 atom stereocenters. The van der Waals surface area contributed by atoms with E-state index in [9.17, 15) is 0 Å². The van der Waals surface area contributed by atoms with Gasteiger partial charge in [0.1, 0.15) is 0 Å². The molecule has 0 saturated carbocycles. The van der Waals surface area contributed by atoms with Crippen molar-refractivity contribution in [3.63, 3.8) is 0 Å². The summed E-state index contributed by atoms with van der Waals surface area (Å²) in [6.07, 6.45) is 17.1. The Morgan fingerprint density at radius 2 is 1.15 bits per heavy atom.